The van der Waals surface area contributed by atoms with E-state index in [2.05, 4.69) is 5.32 Å². The van der Waals surface area contributed by atoms with Crippen LogP contribution in [0.5, 0.6) is 0 Å². The molecule has 2 fully saturated rings. The molecule has 0 spiro atoms. The molecule has 84 valence electrons. The van der Waals surface area contributed by atoms with Gasteiger partial charge in [0.1, 0.15) is 0 Å². The Hall–Kier alpha value is -1.06. The lowest BCUT2D eigenvalue weighted by Crippen LogP contribution is -2.48. The van der Waals surface area contributed by atoms with Gasteiger partial charge in [0.2, 0.25) is 5.91 Å². The van der Waals surface area contributed by atoms with Crippen LogP contribution in [0, 0.1) is 17.3 Å². The van der Waals surface area contributed by atoms with Crippen LogP contribution in [0.3, 0.4) is 0 Å². The Morgan fingerprint density at radius 2 is 2.07 bits per heavy atom. The molecule has 2 unspecified atom stereocenters. The second-order valence-electron chi connectivity index (χ2n) is 4.98. The number of rotatable bonds is 4. The van der Waals surface area contributed by atoms with Crippen molar-refractivity contribution in [1.29, 1.82) is 0 Å². The van der Waals surface area contributed by atoms with Crippen LogP contribution in [-0.4, -0.2) is 23.5 Å². The highest BCUT2D eigenvalue weighted by Crippen LogP contribution is 2.41. The molecule has 0 bridgehead atoms. The lowest BCUT2D eigenvalue weighted by atomic mass is 9.69. The van der Waals surface area contributed by atoms with Crippen LogP contribution < -0.4 is 5.32 Å². The minimum absolute atomic E-state index is 0.0371. The molecule has 0 aliphatic heterocycles. The van der Waals surface area contributed by atoms with Gasteiger partial charge in [0.05, 0.1) is 5.41 Å². The quantitative estimate of drug-likeness (QED) is 0.729. The Morgan fingerprint density at radius 1 is 1.47 bits per heavy atom. The average Bonchev–Trinajstić information content (AvgIpc) is 2.79. The first kappa shape index (κ1) is 10.5. The highest BCUT2D eigenvalue weighted by molar-refractivity contribution is 5.83. The zero-order chi connectivity index (χ0) is 11.1. The molecular formula is C11H17NO3. The van der Waals surface area contributed by atoms with E-state index in [1.165, 1.54) is 0 Å². The summed E-state index contributed by atoms with van der Waals surface area (Å²) >= 11 is 0. The van der Waals surface area contributed by atoms with Crippen LogP contribution >= 0.6 is 0 Å². The van der Waals surface area contributed by atoms with E-state index in [1.54, 1.807) is 0 Å². The van der Waals surface area contributed by atoms with Gasteiger partial charge in [-0.2, -0.15) is 0 Å². The van der Waals surface area contributed by atoms with Crippen molar-refractivity contribution >= 4 is 11.9 Å². The molecule has 0 saturated heterocycles. The van der Waals surface area contributed by atoms with Gasteiger partial charge >= 0.3 is 5.97 Å². The standard InChI is InChI=1S/C11H17NO3/c1-7-5-8(7)9(13)12-6-11(10(14)15)3-2-4-11/h7-8H,2-6H2,1H3,(H,12,13)(H,14,15). The van der Waals surface area contributed by atoms with E-state index in [1.807, 2.05) is 6.92 Å². The predicted molar refractivity (Wildman–Crippen MR) is 54.2 cm³/mol. The smallest absolute Gasteiger partial charge is 0.311 e. The topological polar surface area (TPSA) is 66.4 Å². The number of aliphatic carboxylic acids is 1. The number of carbonyl (C=O) groups is 2. The molecule has 4 heteroatoms. The molecule has 2 saturated carbocycles. The van der Waals surface area contributed by atoms with Gasteiger partial charge in [-0.05, 0) is 25.2 Å². The molecule has 0 radical (unpaired) electrons. The lowest BCUT2D eigenvalue weighted by molar-refractivity contribution is -0.154. The molecular weight excluding hydrogens is 194 g/mol. The van der Waals surface area contributed by atoms with Crippen molar-refractivity contribution in [1.82, 2.24) is 5.32 Å². The highest BCUT2D eigenvalue weighted by atomic mass is 16.4. The van der Waals surface area contributed by atoms with Crippen molar-refractivity contribution in [2.45, 2.75) is 32.6 Å². The van der Waals surface area contributed by atoms with Crippen LogP contribution in [0.15, 0.2) is 0 Å². The van der Waals surface area contributed by atoms with E-state index in [0.717, 1.165) is 12.8 Å². The van der Waals surface area contributed by atoms with Crippen LogP contribution in [0.4, 0.5) is 0 Å². The maximum absolute atomic E-state index is 11.5. The predicted octanol–water partition coefficient (Wildman–Crippen LogP) is 1.01. The molecule has 2 N–H and O–H groups in total. The van der Waals surface area contributed by atoms with Crippen LogP contribution in [-0.2, 0) is 9.59 Å². The maximum Gasteiger partial charge on any atom is 0.311 e. The third-order valence-corrected chi connectivity index (χ3v) is 3.81. The first-order valence-corrected chi connectivity index (χ1v) is 5.56. The van der Waals surface area contributed by atoms with Gasteiger partial charge in [0, 0.05) is 12.5 Å². The third kappa shape index (κ3) is 1.85. The van der Waals surface area contributed by atoms with E-state index in [4.69, 9.17) is 5.11 Å². The molecule has 0 heterocycles. The number of carbonyl (C=O) groups excluding carboxylic acids is 1. The van der Waals surface area contributed by atoms with E-state index >= 15 is 0 Å². The van der Waals surface area contributed by atoms with Crippen LogP contribution in [0.2, 0.25) is 0 Å². The number of hydrogen-bond donors (Lipinski definition) is 2. The number of hydrogen-bond acceptors (Lipinski definition) is 2. The summed E-state index contributed by atoms with van der Waals surface area (Å²) in [7, 11) is 0. The Bertz CT molecular complexity index is 296. The largest absolute Gasteiger partial charge is 0.481 e. The van der Waals surface area contributed by atoms with Gasteiger partial charge in [-0.25, -0.2) is 0 Å². The van der Waals surface area contributed by atoms with Gasteiger partial charge in [-0.15, -0.1) is 0 Å². The van der Waals surface area contributed by atoms with Crippen LogP contribution in [0.25, 0.3) is 0 Å². The van der Waals surface area contributed by atoms with E-state index in [9.17, 15) is 9.59 Å². The molecule has 0 aromatic heterocycles. The number of amides is 1. The van der Waals surface area contributed by atoms with Crippen molar-refractivity contribution < 1.29 is 14.7 Å². The Kier molecular flexibility index (Phi) is 2.44. The van der Waals surface area contributed by atoms with Gasteiger partial charge in [0.15, 0.2) is 0 Å². The third-order valence-electron chi connectivity index (χ3n) is 3.81. The molecule has 2 rings (SSSR count). The van der Waals surface area contributed by atoms with Crippen molar-refractivity contribution in [3.8, 4) is 0 Å². The first-order chi connectivity index (χ1) is 7.05. The molecule has 2 aliphatic rings. The highest BCUT2D eigenvalue weighted by Gasteiger charge is 2.46. The summed E-state index contributed by atoms with van der Waals surface area (Å²) in [5.74, 6) is -0.115. The zero-order valence-corrected chi connectivity index (χ0v) is 8.95. The fourth-order valence-corrected chi connectivity index (χ4v) is 2.14. The summed E-state index contributed by atoms with van der Waals surface area (Å²) in [5.41, 5.74) is -0.659. The minimum atomic E-state index is -0.766. The summed E-state index contributed by atoms with van der Waals surface area (Å²) in [5, 5.41) is 11.8. The number of carboxylic acid groups (broad SMARTS) is 1. The lowest BCUT2D eigenvalue weighted by Gasteiger charge is -2.37. The zero-order valence-electron chi connectivity index (χ0n) is 8.95. The average molecular weight is 211 g/mol. The molecule has 1 amide bonds. The number of nitrogens with one attached hydrogen (secondary N) is 1. The SMILES string of the molecule is CC1CC1C(=O)NCC1(C(=O)O)CCC1. The summed E-state index contributed by atoms with van der Waals surface area (Å²) in [6, 6.07) is 0. The van der Waals surface area contributed by atoms with Gasteiger partial charge in [0.25, 0.3) is 0 Å². The fourth-order valence-electron chi connectivity index (χ4n) is 2.14. The van der Waals surface area contributed by atoms with Crippen LogP contribution in [0.1, 0.15) is 32.6 Å². The van der Waals surface area contributed by atoms with Gasteiger partial charge in [-0.3, -0.25) is 9.59 Å². The Balaban J connectivity index is 1.81. The number of carboxylic acids is 1. The fraction of sp³-hybridized carbons (Fsp3) is 0.818. The van der Waals surface area contributed by atoms with E-state index in [0.29, 0.717) is 25.3 Å². The normalized spacial score (nSPS) is 31.5. The minimum Gasteiger partial charge on any atom is -0.481 e. The molecule has 15 heavy (non-hydrogen) atoms. The second-order valence-corrected chi connectivity index (χ2v) is 4.98. The van der Waals surface area contributed by atoms with Gasteiger partial charge in [-0.1, -0.05) is 13.3 Å². The second kappa shape index (κ2) is 3.51. The summed E-state index contributed by atoms with van der Waals surface area (Å²) in [4.78, 5) is 22.5. The molecule has 0 aromatic carbocycles. The Labute approximate surface area is 89.0 Å². The molecule has 0 aromatic rings. The molecule has 2 atom stereocenters. The summed E-state index contributed by atoms with van der Waals surface area (Å²) < 4.78 is 0. The van der Waals surface area contributed by atoms with Gasteiger partial charge < -0.3 is 10.4 Å². The summed E-state index contributed by atoms with van der Waals surface area (Å²) in [6.45, 7) is 2.35. The molecule has 4 nitrogen and oxygen atoms in total. The Morgan fingerprint density at radius 3 is 2.40 bits per heavy atom. The first-order valence-electron chi connectivity index (χ1n) is 5.56. The van der Waals surface area contributed by atoms with Crippen molar-refractivity contribution in [2.24, 2.45) is 17.3 Å². The van der Waals surface area contributed by atoms with E-state index in [-0.39, 0.29) is 11.8 Å². The summed E-state index contributed by atoms with van der Waals surface area (Å²) in [6.07, 6.45) is 3.31. The van der Waals surface area contributed by atoms with Crippen molar-refractivity contribution in [2.75, 3.05) is 6.54 Å². The monoisotopic (exact) mass is 211 g/mol. The maximum atomic E-state index is 11.5. The van der Waals surface area contributed by atoms with Crippen molar-refractivity contribution in [3.05, 3.63) is 0 Å². The molecule has 2 aliphatic carbocycles. The van der Waals surface area contributed by atoms with Crippen molar-refractivity contribution in [3.63, 3.8) is 0 Å². The van der Waals surface area contributed by atoms with E-state index < -0.39 is 11.4 Å².